The van der Waals surface area contributed by atoms with Crippen LogP contribution in [0, 0.1) is 6.92 Å². The van der Waals surface area contributed by atoms with Crippen LogP contribution in [0.25, 0.3) is 0 Å². The van der Waals surface area contributed by atoms with Gasteiger partial charge < -0.3 is 10.1 Å². The van der Waals surface area contributed by atoms with Crippen molar-refractivity contribution in [2.24, 2.45) is 5.10 Å². The molecule has 0 saturated carbocycles. The second-order valence-corrected chi connectivity index (χ2v) is 7.32. The lowest BCUT2D eigenvalue weighted by Crippen LogP contribution is -2.32. The van der Waals surface area contributed by atoms with E-state index in [0.717, 1.165) is 10.0 Å². The van der Waals surface area contributed by atoms with E-state index < -0.39 is 17.8 Å². The Morgan fingerprint density at radius 3 is 2.39 bits per heavy atom. The molecule has 0 spiro atoms. The molecular weight excluding hydrogens is 462 g/mol. The van der Waals surface area contributed by atoms with Crippen LogP contribution in [0.1, 0.15) is 21.5 Å². The molecule has 0 atom stereocenters. The number of hydrogen-bond donors (Lipinski definition) is 2. The van der Waals surface area contributed by atoms with Gasteiger partial charge in [-0.1, -0.05) is 52.3 Å². The van der Waals surface area contributed by atoms with Gasteiger partial charge in [-0.25, -0.2) is 10.2 Å². The third-order valence-corrected chi connectivity index (χ3v) is 4.65. The zero-order chi connectivity index (χ0) is 22.2. The maximum absolute atomic E-state index is 12.3. The molecule has 0 unspecified atom stereocenters. The van der Waals surface area contributed by atoms with E-state index in [2.05, 4.69) is 31.8 Å². The molecule has 0 radical (unpaired) electrons. The predicted molar refractivity (Wildman–Crippen MR) is 121 cm³/mol. The van der Waals surface area contributed by atoms with Gasteiger partial charge in [0.1, 0.15) is 5.75 Å². The molecule has 2 N–H and O–H groups in total. The second-order valence-electron chi connectivity index (χ2n) is 6.41. The molecule has 31 heavy (non-hydrogen) atoms. The number of anilines is 1. The van der Waals surface area contributed by atoms with Gasteiger partial charge in [0.15, 0.2) is 0 Å². The summed E-state index contributed by atoms with van der Waals surface area (Å²) in [5.41, 5.74) is 4.35. The van der Waals surface area contributed by atoms with Crippen molar-refractivity contribution in [3.8, 4) is 5.75 Å². The predicted octanol–water partition coefficient (Wildman–Crippen LogP) is 4.07. The van der Waals surface area contributed by atoms with Crippen LogP contribution in [-0.2, 0) is 9.59 Å². The first-order valence-electron chi connectivity index (χ1n) is 9.21. The molecule has 7 nitrogen and oxygen atoms in total. The summed E-state index contributed by atoms with van der Waals surface area (Å²) < 4.78 is 6.16. The van der Waals surface area contributed by atoms with Gasteiger partial charge >= 0.3 is 17.8 Å². The highest BCUT2D eigenvalue weighted by Gasteiger charge is 2.14. The van der Waals surface area contributed by atoms with Crippen LogP contribution in [-0.4, -0.2) is 24.0 Å². The topological polar surface area (TPSA) is 96.9 Å². The van der Waals surface area contributed by atoms with E-state index in [1.54, 1.807) is 60.7 Å². The van der Waals surface area contributed by atoms with E-state index in [9.17, 15) is 14.4 Å². The standard InChI is InChI=1S/C23H18BrN3O4/c1-15-7-5-6-10-19(15)26-21(28)22(29)27-25-14-17-13-18(24)11-12-20(17)31-23(30)16-8-3-2-4-9-16/h2-14H,1H3,(H,26,28)(H,27,29)/b25-14-. The number of esters is 1. The van der Waals surface area contributed by atoms with Crippen molar-refractivity contribution >= 4 is 45.6 Å². The molecule has 156 valence electrons. The molecule has 0 aliphatic heterocycles. The molecule has 3 rings (SSSR count). The summed E-state index contributed by atoms with van der Waals surface area (Å²) in [5, 5.41) is 6.33. The molecule has 2 amide bonds. The van der Waals surface area contributed by atoms with Crippen LogP contribution in [0.3, 0.4) is 0 Å². The van der Waals surface area contributed by atoms with E-state index >= 15 is 0 Å². The fourth-order valence-corrected chi connectivity index (χ4v) is 2.93. The van der Waals surface area contributed by atoms with E-state index in [0.29, 0.717) is 16.8 Å². The average Bonchev–Trinajstić information content (AvgIpc) is 2.77. The van der Waals surface area contributed by atoms with Gasteiger partial charge in [0.2, 0.25) is 0 Å². The van der Waals surface area contributed by atoms with Gasteiger partial charge in [-0.15, -0.1) is 0 Å². The number of carbonyl (C=O) groups excluding carboxylic acids is 3. The lowest BCUT2D eigenvalue weighted by molar-refractivity contribution is -0.136. The minimum atomic E-state index is -0.933. The maximum Gasteiger partial charge on any atom is 0.343 e. The number of benzene rings is 3. The molecule has 8 heteroatoms. The molecule has 3 aromatic carbocycles. The van der Waals surface area contributed by atoms with Gasteiger partial charge in [-0.2, -0.15) is 5.10 Å². The van der Waals surface area contributed by atoms with Gasteiger partial charge in [-0.3, -0.25) is 9.59 Å². The largest absolute Gasteiger partial charge is 0.422 e. The minimum Gasteiger partial charge on any atom is -0.422 e. The van der Waals surface area contributed by atoms with E-state index in [1.165, 1.54) is 6.21 Å². The Morgan fingerprint density at radius 1 is 0.935 bits per heavy atom. The summed E-state index contributed by atoms with van der Waals surface area (Å²) in [4.78, 5) is 36.4. The van der Waals surface area contributed by atoms with Crippen molar-refractivity contribution in [2.45, 2.75) is 6.92 Å². The van der Waals surface area contributed by atoms with Gasteiger partial charge in [0.25, 0.3) is 0 Å². The van der Waals surface area contributed by atoms with Crippen molar-refractivity contribution in [3.63, 3.8) is 0 Å². The number of nitrogens with zero attached hydrogens (tertiary/aromatic N) is 1. The Bertz CT molecular complexity index is 1150. The number of nitrogens with one attached hydrogen (secondary N) is 2. The van der Waals surface area contributed by atoms with Gasteiger partial charge in [0, 0.05) is 15.7 Å². The number of hydrogen-bond acceptors (Lipinski definition) is 5. The van der Waals surface area contributed by atoms with Crippen molar-refractivity contribution in [2.75, 3.05) is 5.32 Å². The zero-order valence-electron chi connectivity index (χ0n) is 16.5. The van der Waals surface area contributed by atoms with E-state index in [-0.39, 0.29) is 5.75 Å². The van der Waals surface area contributed by atoms with Crippen molar-refractivity contribution in [3.05, 3.63) is 94.0 Å². The Labute approximate surface area is 187 Å². The molecule has 0 aliphatic carbocycles. The molecule has 0 aromatic heterocycles. The van der Waals surface area contributed by atoms with E-state index in [1.807, 2.05) is 19.1 Å². The fourth-order valence-electron chi connectivity index (χ4n) is 2.55. The van der Waals surface area contributed by atoms with Crippen LogP contribution in [0.5, 0.6) is 5.75 Å². The Balaban J connectivity index is 1.67. The third kappa shape index (κ3) is 6.10. The quantitative estimate of drug-likeness (QED) is 0.189. The minimum absolute atomic E-state index is 0.249. The Morgan fingerprint density at radius 2 is 1.65 bits per heavy atom. The first kappa shape index (κ1) is 21.9. The molecule has 0 fully saturated rings. The van der Waals surface area contributed by atoms with Crippen LogP contribution in [0.4, 0.5) is 5.69 Å². The molecule has 0 aliphatic rings. The smallest absolute Gasteiger partial charge is 0.343 e. The number of amides is 2. The molecule has 0 heterocycles. The number of aryl methyl sites for hydroxylation is 1. The molecule has 3 aromatic rings. The third-order valence-electron chi connectivity index (χ3n) is 4.15. The van der Waals surface area contributed by atoms with Crippen LogP contribution >= 0.6 is 15.9 Å². The van der Waals surface area contributed by atoms with E-state index in [4.69, 9.17) is 4.74 Å². The molecular formula is C23H18BrN3O4. The van der Waals surface area contributed by atoms with Crippen LogP contribution < -0.4 is 15.5 Å². The molecule has 0 bridgehead atoms. The summed E-state index contributed by atoms with van der Waals surface area (Å²) >= 11 is 3.34. The summed E-state index contributed by atoms with van der Waals surface area (Å²) in [5.74, 6) is -2.06. The normalized spacial score (nSPS) is 10.5. The van der Waals surface area contributed by atoms with Crippen molar-refractivity contribution in [1.82, 2.24) is 5.43 Å². The highest BCUT2D eigenvalue weighted by Crippen LogP contribution is 2.23. The summed E-state index contributed by atoms with van der Waals surface area (Å²) in [6, 6.07) is 20.6. The van der Waals surface area contributed by atoms with Gasteiger partial charge in [-0.05, 0) is 48.9 Å². The number of ether oxygens (including phenoxy) is 1. The Hall–Kier alpha value is -3.78. The second kappa shape index (κ2) is 10.3. The lowest BCUT2D eigenvalue weighted by atomic mass is 10.2. The fraction of sp³-hybridized carbons (Fsp3) is 0.0435. The SMILES string of the molecule is Cc1ccccc1NC(=O)C(=O)N/N=C\c1cc(Br)ccc1OC(=O)c1ccccc1. The van der Waals surface area contributed by atoms with Crippen LogP contribution in [0.2, 0.25) is 0 Å². The van der Waals surface area contributed by atoms with Gasteiger partial charge in [0.05, 0.1) is 11.8 Å². The monoisotopic (exact) mass is 479 g/mol. The summed E-state index contributed by atoms with van der Waals surface area (Å²) in [7, 11) is 0. The maximum atomic E-state index is 12.3. The number of hydrazone groups is 1. The number of rotatable bonds is 5. The van der Waals surface area contributed by atoms with Crippen molar-refractivity contribution in [1.29, 1.82) is 0 Å². The number of carbonyl (C=O) groups is 3. The zero-order valence-corrected chi connectivity index (χ0v) is 18.0. The highest BCUT2D eigenvalue weighted by molar-refractivity contribution is 9.10. The first-order chi connectivity index (χ1) is 14.9. The first-order valence-corrected chi connectivity index (χ1v) is 10.00. The molecule has 0 saturated heterocycles. The lowest BCUT2D eigenvalue weighted by Gasteiger charge is -2.08. The van der Waals surface area contributed by atoms with Crippen molar-refractivity contribution < 1.29 is 19.1 Å². The number of halogens is 1. The summed E-state index contributed by atoms with van der Waals surface area (Å²) in [6.07, 6.45) is 1.29. The Kier molecular flexibility index (Phi) is 7.29. The number of para-hydroxylation sites is 1. The average molecular weight is 480 g/mol. The summed E-state index contributed by atoms with van der Waals surface area (Å²) in [6.45, 7) is 1.82. The highest BCUT2D eigenvalue weighted by atomic mass is 79.9. The van der Waals surface area contributed by atoms with Crippen LogP contribution in [0.15, 0.2) is 82.4 Å².